The van der Waals surface area contributed by atoms with Crippen molar-refractivity contribution in [1.82, 2.24) is 5.43 Å². The Balaban J connectivity index is 2.77. The van der Waals surface area contributed by atoms with Gasteiger partial charge in [0.25, 0.3) is 0 Å². The Bertz CT molecular complexity index is 369. The Morgan fingerprint density at radius 3 is 2.61 bits per heavy atom. The van der Waals surface area contributed by atoms with Gasteiger partial charge < -0.3 is 4.74 Å². The van der Waals surface area contributed by atoms with Gasteiger partial charge in [-0.3, -0.25) is 11.3 Å². The molecule has 0 saturated carbocycles. The maximum atomic E-state index is 6.04. The fourth-order valence-corrected chi connectivity index (χ4v) is 2.22. The van der Waals surface area contributed by atoms with Crippen molar-refractivity contribution < 1.29 is 4.74 Å². The molecule has 4 heteroatoms. The minimum absolute atomic E-state index is 0.0809. The first kappa shape index (κ1) is 15.3. The first-order valence-corrected chi connectivity index (χ1v) is 6.75. The predicted octanol–water partition coefficient (Wildman–Crippen LogP) is 3.68. The van der Waals surface area contributed by atoms with Gasteiger partial charge in [0.2, 0.25) is 0 Å². The maximum Gasteiger partial charge on any atom is 0.123 e. The summed E-state index contributed by atoms with van der Waals surface area (Å²) in [5.41, 5.74) is 3.88. The molecule has 1 rings (SSSR count). The van der Waals surface area contributed by atoms with E-state index in [1.54, 1.807) is 7.11 Å². The molecule has 0 aromatic heterocycles. The van der Waals surface area contributed by atoms with Crippen LogP contribution in [0, 0.1) is 5.92 Å². The second-order valence-corrected chi connectivity index (χ2v) is 5.37. The highest BCUT2D eigenvalue weighted by molar-refractivity contribution is 6.30. The van der Waals surface area contributed by atoms with Crippen molar-refractivity contribution in [3.05, 3.63) is 28.8 Å². The number of halogens is 1. The Labute approximate surface area is 115 Å². The van der Waals surface area contributed by atoms with Gasteiger partial charge in [0.15, 0.2) is 0 Å². The lowest BCUT2D eigenvalue weighted by Gasteiger charge is -2.19. The average Bonchev–Trinajstić information content (AvgIpc) is 2.34. The van der Waals surface area contributed by atoms with Gasteiger partial charge in [0.05, 0.1) is 7.11 Å². The van der Waals surface area contributed by atoms with Gasteiger partial charge in [0.1, 0.15) is 5.75 Å². The molecule has 1 aromatic rings. The Hall–Kier alpha value is -0.770. The van der Waals surface area contributed by atoms with E-state index in [1.165, 1.54) is 6.42 Å². The SMILES string of the molecule is COc1ccc(Cl)cc1C(CCCC(C)C)NN. The van der Waals surface area contributed by atoms with Crippen molar-refractivity contribution in [1.29, 1.82) is 0 Å². The predicted molar refractivity (Wildman–Crippen MR) is 76.8 cm³/mol. The van der Waals surface area contributed by atoms with E-state index in [1.807, 2.05) is 18.2 Å². The third-order valence-corrected chi connectivity index (χ3v) is 3.28. The van der Waals surface area contributed by atoms with Crippen LogP contribution in [0.25, 0.3) is 0 Å². The number of nitrogens with two attached hydrogens (primary N) is 1. The number of hydrazine groups is 1. The highest BCUT2D eigenvalue weighted by Crippen LogP contribution is 2.30. The summed E-state index contributed by atoms with van der Waals surface area (Å²) < 4.78 is 5.36. The molecule has 1 aromatic carbocycles. The van der Waals surface area contributed by atoms with Crippen LogP contribution < -0.4 is 16.0 Å². The van der Waals surface area contributed by atoms with Gasteiger partial charge >= 0.3 is 0 Å². The molecule has 0 radical (unpaired) electrons. The fourth-order valence-electron chi connectivity index (χ4n) is 2.04. The second kappa shape index (κ2) is 7.62. The monoisotopic (exact) mass is 270 g/mol. The molecule has 102 valence electrons. The third-order valence-electron chi connectivity index (χ3n) is 3.04. The van der Waals surface area contributed by atoms with Crippen LogP contribution in [0.2, 0.25) is 5.02 Å². The summed E-state index contributed by atoms with van der Waals surface area (Å²) in [7, 11) is 1.66. The van der Waals surface area contributed by atoms with Crippen molar-refractivity contribution in [2.75, 3.05) is 7.11 Å². The molecule has 0 bridgehead atoms. The molecule has 0 aliphatic carbocycles. The summed E-state index contributed by atoms with van der Waals surface area (Å²) >= 11 is 6.04. The standard InChI is InChI=1S/C14H23ClN2O/c1-10(2)5-4-6-13(17-16)12-9-11(15)7-8-14(12)18-3/h7-10,13,17H,4-6,16H2,1-3H3. The molecule has 18 heavy (non-hydrogen) atoms. The van der Waals surface area contributed by atoms with Crippen molar-refractivity contribution in [2.24, 2.45) is 11.8 Å². The normalized spacial score (nSPS) is 12.8. The van der Waals surface area contributed by atoms with Crippen LogP contribution in [0.3, 0.4) is 0 Å². The summed E-state index contributed by atoms with van der Waals surface area (Å²) in [6.45, 7) is 4.45. The second-order valence-electron chi connectivity index (χ2n) is 4.93. The molecule has 1 unspecified atom stereocenters. The highest BCUT2D eigenvalue weighted by Gasteiger charge is 2.15. The summed E-state index contributed by atoms with van der Waals surface area (Å²) in [6, 6.07) is 5.70. The first-order chi connectivity index (χ1) is 8.58. The lowest BCUT2D eigenvalue weighted by Crippen LogP contribution is -2.28. The van der Waals surface area contributed by atoms with Crippen LogP contribution in [-0.2, 0) is 0 Å². The summed E-state index contributed by atoms with van der Waals surface area (Å²) in [5.74, 6) is 7.19. The van der Waals surface area contributed by atoms with Crippen molar-refractivity contribution >= 4 is 11.6 Å². The van der Waals surface area contributed by atoms with Gasteiger partial charge in [-0.1, -0.05) is 38.3 Å². The number of methoxy groups -OCH3 is 1. The average molecular weight is 271 g/mol. The van der Waals surface area contributed by atoms with E-state index >= 15 is 0 Å². The van der Waals surface area contributed by atoms with E-state index in [9.17, 15) is 0 Å². The minimum Gasteiger partial charge on any atom is -0.496 e. The zero-order valence-corrected chi connectivity index (χ0v) is 12.1. The van der Waals surface area contributed by atoms with Gasteiger partial charge in [-0.2, -0.15) is 0 Å². The van der Waals surface area contributed by atoms with Crippen LogP contribution in [0.15, 0.2) is 18.2 Å². The van der Waals surface area contributed by atoms with Crippen LogP contribution in [0.4, 0.5) is 0 Å². The Kier molecular flexibility index (Phi) is 6.47. The minimum atomic E-state index is 0.0809. The lowest BCUT2D eigenvalue weighted by molar-refractivity contribution is 0.390. The molecule has 0 aliphatic heterocycles. The van der Waals surface area contributed by atoms with E-state index in [4.69, 9.17) is 22.2 Å². The van der Waals surface area contributed by atoms with Crippen LogP contribution in [0.5, 0.6) is 5.75 Å². The molecule has 0 aliphatic rings. The van der Waals surface area contributed by atoms with E-state index in [0.717, 1.165) is 24.2 Å². The van der Waals surface area contributed by atoms with E-state index in [2.05, 4.69) is 19.3 Å². The number of benzene rings is 1. The largest absolute Gasteiger partial charge is 0.496 e. The maximum absolute atomic E-state index is 6.04. The van der Waals surface area contributed by atoms with Gasteiger partial charge in [-0.15, -0.1) is 0 Å². The van der Waals surface area contributed by atoms with Crippen LogP contribution >= 0.6 is 11.6 Å². The third kappa shape index (κ3) is 4.48. The molecule has 0 fully saturated rings. The molecule has 3 N–H and O–H groups in total. The molecule has 0 spiro atoms. The molecular weight excluding hydrogens is 248 g/mol. The van der Waals surface area contributed by atoms with Crippen LogP contribution in [0.1, 0.15) is 44.7 Å². The number of nitrogens with one attached hydrogen (secondary N) is 1. The van der Waals surface area contributed by atoms with Gasteiger partial charge in [0, 0.05) is 16.6 Å². The van der Waals surface area contributed by atoms with Crippen molar-refractivity contribution in [2.45, 2.75) is 39.2 Å². The topological polar surface area (TPSA) is 47.3 Å². The van der Waals surface area contributed by atoms with Crippen molar-refractivity contribution in [3.8, 4) is 5.75 Å². The quantitative estimate of drug-likeness (QED) is 0.587. The number of rotatable bonds is 7. The number of hydrogen-bond donors (Lipinski definition) is 2. The number of ether oxygens (including phenoxy) is 1. The molecule has 0 amide bonds. The van der Waals surface area contributed by atoms with E-state index in [-0.39, 0.29) is 6.04 Å². The smallest absolute Gasteiger partial charge is 0.123 e. The Morgan fingerprint density at radius 1 is 1.33 bits per heavy atom. The summed E-state index contributed by atoms with van der Waals surface area (Å²) in [4.78, 5) is 0. The zero-order valence-electron chi connectivity index (χ0n) is 11.4. The first-order valence-electron chi connectivity index (χ1n) is 6.38. The lowest BCUT2D eigenvalue weighted by atomic mass is 9.98. The molecule has 3 nitrogen and oxygen atoms in total. The molecule has 0 saturated heterocycles. The van der Waals surface area contributed by atoms with E-state index in [0.29, 0.717) is 10.9 Å². The highest BCUT2D eigenvalue weighted by atomic mass is 35.5. The van der Waals surface area contributed by atoms with Gasteiger partial charge in [-0.05, 0) is 30.5 Å². The fraction of sp³-hybridized carbons (Fsp3) is 0.571. The molecular formula is C14H23ClN2O. The Morgan fingerprint density at radius 2 is 2.06 bits per heavy atom. The van der Waals surface area contributed by atoms with Crippen molar-refractivity contribution in [3.63, 3.8) is 0 Å². The number of hydrogen-bond acceptors (Lipinski definition) is 3. The van der Waals surface area contributed by atoms with E-state index < -0.39 is 0 Å². The van der Waals surface area contributed by atoms with Crippen LogP contribution in [-0.4, -0.2) is 7.11 Å². The zero-order chi connectivity index (χ0) is 13.5. The van der Waals surface area contributed by atoms with Gasteiger partial charge in [-0.25, -0.2) is 0 Å². The molecule has 0 heterocycles. The summed E-state index contributed by atoms with van der Waals surface area (Å²) in [5, 5.41) is 0.704. The molecule has 1 atom stereocenters. The summed E-state index contributed by atoms with van der Waals surface area (Å²) in [6.07, 6.45) is 3.30.